The molecule has 0 bridgehead atoms. The number of aliphatic hydroxyl groups is 1. The molecule has 3 rings (SSSR count). The Balaban J connectivity index is 1.90. The van der Waals surface area contributed by atoms with Crippen molar-refractivity contribution in [3.05, 3.63) is 51.1 Å². The van der Waals surface area contributed by atoms with Gasteiger partial charge in [-0.15, -0.1) is 11.3 Å². The lowest BCUT2D eigenvalue weighted by atomic mass is 10.3. The van der Waals surface area contributed by atoms with Crippen LogP contribution >= 0.6 is 11.3 Å². The molecule has 2 aromatic heterocycles. The van der Waals surface area contributed by atoms with Crippen LogP contribution in [0.15, 0.2) is 49.8 Å². The summed E-state index contributed by atoms with van der Waals surface area (Å²) in [5, 5.41) is 12.0. The van der Waals surface area contributed by atoms with Crippen LogP contribution in [-0.4, -0.2) is 36.0 Å². The van der Waals surface area contributed by atoms with E-state index in [0.717, 1.165) is 4.31 Å². The maximum atomic E-state index is 12.7. The highest BCUT2D eigenvalue weighted by Crippen LogP contribution is 2.24. The Labute approximate surface area is 142 Å². The molecule has 128 valence electrons. The van der Waals surface area contributed by atoms with Crippen molar-refractivity contribution in [2.75, 3.05) is 13.6 Å². The Morgan fingerprint density at radius 1 is 1.38 bits per heavy atom. The summed E-state index contributed by atoms with van der Waals surface area (Å²) in [7, 11) is -0.866. The van der Waals surface area contributed by atoms with Gasteiger partial charge in [-0.25, -0.2) is 13.2 Å². The minimum Gasteiger partial charge on any atom is -0.408 e. The molecular weight excluding hydrogens is 352 g/mol. The van der Waals surface area contributed by atoms with E-state index in [9.17, 15) is 18.3 Å². The molecule has 3 aromatic rings. The second kappa shape index (κ2) is 6.17. The van der Waals surface area contributed by atoms with Gasteiger partial charge in [-0.05, 0) is 23.6 Å². The molecule has 0 aliphatic carbocycles. The summed E-state index contributed by atoms with van der Waals surface area (Å²) in [6, 6.07) is 7.81. The fraction of sp³-hybridized carbons (Fsp3) is 0.267. The van der Waals surface area contributed by atoms with E-state index < -0.39 is 21.9 Å². The highest BCUT2D eigenvalue weighted by Gasteiger charge is 2.25. The predicted octanol–water partition coefficient (Wildman–Crippen LogP) is 1.55. The third-order valence-corrected chi connectivity index (χ3v) is 6.57. The molecule has 7 nitrogen and oxygen atoms in total. The third kappa shape index (κ3) is 2.91. The van der Waals surface area contributed by atoms with Gasteiger partial charge in [0.2, 0.25) is 10.0 Å². The molecule has 0 saturated carbocycles. The van der Waals surface area contributed by atoms with Crippen molar-refractivity contribution < 1.29 is 17.9 Å². The molecule has 1 unspecified atom stereocenters. The largest absolute Gasteiger partial charge is 0.419 e. The zero-order valence-corrected chi connectivity index (χ0v) is 14.7. The summed E-state index contributed by atoms with van der Waals surface area (Å²) in [6.45, 7) is -0.0698. The number of benzene rings is 1. The molecule has 2 heterocycles. The minimum absolute atomic E-state index is 0.00484. The molecule has 0 amide bonds. The SMILES string of the molecule is CN(CC(O)c1cccs1)S(=O)(=O)c1ccc2c(c1)oc(=O)n2C. The van der Waals surface area contributed by atoms with Crippen LogP contribution in [0, 0.1) is 0 Å². The van der Waals surface area contributed by atoms with E-state index in [1.165, 1.54) is 41.2 Å². The number of rotatable bonds is 5. The normalized spacial score (nSPS) is 13.7. The van der Waals surface area contributed by atoms with E-state index in [-0.39, 0.29) is 17.0 Å². The molecule has 0 aliphatic rings. The second-order valence-corrected chi connectivity index (χ2v) is 8.40. The van der Waals surface area contributed by atoms with Gasteiger partial charge in [-0.3, -0.25) is 4.57 Å². The van der Waals surface area contributed by atoms with Crippen molar-refractivity contribution in [1.29, 1.82) is 0 Å². The van der Waals surface area contributed by atoms with Crippen LogP contribution in [0.2, 0.25) is 0 Å². The summed E-state index contributed by atoms with van der Waals surface area (Å²) < 4.78 is 32.7. The van der Waals surface area contributed by atoms with E-state index in [1.54, 1.807) is 19.2 Å². The van der Waals surface area contributed by atoms with Crippen LogP contribution in [0.5, 0.6) is 0 Å². The van der Waals surface area contributed by atoms with Gasteiger partial charge in [-0.2, -0.15) is 4.31 Å². The molecule has 0 aliphatic heterocycles. The van der Waals surface area contributed by atoms with Gasteiger partial charge in [0, 0.05) is 31.6 Å². The average molecular weight is 368 g/mol. The van der Waals surface area contributed by atoms with Gasteiger partial charge < -0.3 is 9.52 Å². The first-order valence-corrected chi connectivity index (χ1v) is 9.40. The molecule has 0 fully saturated rings. The monoisotopic (exact) mass is 368 g/mol. The molecule has 9 heteroatoms. The number of oxazole rings is 1. The summed E-state index contributed by atoms with van der Waals surface area (Å²) in [5.74, 6) is -0.555. The van der Waals surface area contributed by atoms with Gasteiger partial charge >= 0.3 is 5.76 Å². The van der Waals surface area contributed by atoms with E-state index in [1.807, 2.05) is 5.38 Å². The van der Waals surface area contributed by atoms with Crippen LogP contribution < -0.4 is 5.76 Å². The number of hydrogen-bond donors (Lipinski definition) is 1. The van der Waals surface area contributed by atoms with Crippen LogP contribution in [0.1, 0.15) is 11.0 Å². The number of thiophene rings is 1. The van der Waals surface area contributed by atoms with E-state index >= 15 is 0 Å². The molecule has 1 aromatic carbocycles. The van der Waals surface area contributed by atoms with Crippen molar-refractivity contribution in [3.63, 3.8) is 0 Å². The fourth-order valence-corrected chi connectivity index (χ4v) is 4.26. The van der Waals surface area contributed by atoms with Gasteiger partial charge in [0.15, 0.2) is 5.58 Å². The molecular formula is C15H16N2O5S2. The highest BCUT2D eigenvalue weighted by molar-refractivity contribution is 7.89. The number of aliphatic hydroxyl groups excluding tert-OH is 1. The van der Waals surface area contributed by atoms with Crippen molar-refractivity contribution in [3.8, 4) is 0 Å². The lowest BCUT2D eigenvalue weighted by molar-refractivity contribution is 0.158. The number of aryl methyl sites for hydroxylation is 1. The quantitative estimate of drug-likeness (QED) is 0.737. The lowest BCUT2D eigenvalue weighted by Gasteiger charge is -2.20. The van der Waals surface area contributed by atoms with Crippen molar-refractivity contribution in [1.82, 2.24) is 8.87 Å². The maximum absolute atomic E-state index is 12.7. The topological polar surface area (TPSA) is 92.8 Å². The van der Waals surface area contributed by atoms with Crippen molar-refractivity contribution >= 4 is 32.5 Å². The zero-order chi connectivity index (χ0) is 17.5. The summed E-state index contributed by atoms with van der Waals surface area (Å²) >= 11 is 1.36. The van der Waals surface area contributed by atoms with E-state index in [4.69, 9.17) is 4.42 Å². The molecule has 1 N–H and O–H groups in total. The molecule has 1 atom stereocenters. The van der Waals surface area contributed by atoms with Crippen LogP contribution in [-0.2, 0) is 17.1 Å². The van der Waals surface area contributed by atoms with E-state index in [2.05, 4.69) is 0 Å². The Hall–Kier alpha value is -1.94. The predicted molar refractivity (Wildman–Crippen MR) is 90.5 cm³/mol. The fourth-order valence-electron chi connectivity index (χ4n) is 2.37. The van der Waals surface area contributed by atoms with Gasteiger partial charge in [0.25, 0.3) is 0 Å². The van der Waals surface area contributed by atoms with Gasteiger partial charge in [0.1, 0.15) is 6.10 Å². The first-order valence-electron chi connectivity index (χ1n) is 7.08. The number of aromatic nitrogens is 1. The first-order chi connectivity index (χ1) is 11.3. The Morgan fingerprint density at radius 2 is 2.12 bits per heavy atom. The van der Waals surface area contributed by atoms with Crippen LogP contribution in [0.3, 0.4) is 0 Å². The Kier molecular flexibility index (Phi) is 4.35. The molecule has 0 radical (unpaired) electrons. The van der Waals surface area contributed by atoms with Gasteiger partial charge in [-0.1, -0.05) is 6.07 Å². The smallest absolute Gasteiger partial charge is 0.408 e. The Bertz CT molecular complexity index is 1020. The minimum atomic E-state index is -3.81. The molecule has 0 spiro atoms. The lowest BCUT2D eigenvalue weighted by Crippen LogP contribution is -2.31. The van der Waals surface area contributed by atoms with E-state index in [0.29, 0.717) is 10.4 Å². The number of fused-ring (bicyclic) bond motifs is 1. The van der Waals surface area contributed by atoms with Crippen LogP contribution in [0.4, 0.5) is 0 Å². The number of hydrogen-bond acceptors (Lipinski definition) is 6. The van der Waals surface area contributed by atoms with Crippen molar-refractivity contribution in [2.24, 2.45) is 7.05 Å². The summed E-state index contributed by atoms with van der Waals surface area (Å²) in [4.78, 5) is 12.2. The first kappa shape index (κ1) is 16.9. The van der Waals surface area contributed by atoms with Gasteiger partial charge in [0.05, 0.1) is 10.4 Å². The molecule has 24 heavy (non-hydrogen) atoms. The maximum Gasteiger partial charge on any atom is 0.419 e. The number of nitrogens with zero attached hydrogens (tertiary/aromatic N) is 2. The average Bonchev–Trinajstić information content (AvgIpc) is 3.16. The highest BCUT2D eigenvalue weighted by atomic mass is 32.2. The molecule has 0 saturated heterocycles. The number of likely N-dealkylation sites (N-methyl/N-ethyl adjacent to an activating group) is 1. The standard InChI is InChI=1S/C15H16N2O5S2/c1-16(9-12(18)14-4-3-7-23-14)24(20,21)10-5-6-11-13(8-10)22-15(19)17(11)2/h3-8,12,18H,9H2,1-2H3. The van der Waals surface area contributed by atoms with Crippen LogP contribution in [0.25, 0.3) is 11.1 Å². The van der Waals surface area contributed by atoms with Crippen molar-refractivity contribution in [2.45, 2.75) is 11.0 Å². The third-order valence-electron chi connectivity index (χ3n) is 3.77. The summed E-state index contributed by atoms with van der Waals surface area (Å²) in [5.41, 5.74) is 0.719. The number of sulfonamides is 1. The Morgan fingerprint density at radius 3 is 2.79 bits per heavy atom. The zero-order valence-electron chi connectivity index (χ0n) is 13.0. The summed E-state index contributed by atoms with van der Waals surface area (Å²) in [6.07, 6.45) is -0.900. The second-order valence-electron chi connectivity index (χ2n) is 5.37.